The van der Waals surface area contributed by atoms with E-state index in [0.717, 1.165) is 29.7 Å². The first-order valence-electron chi connectivity index (χ1n) is 4.95. The molecule has 2 aliphatic rings. The monoisotopic (exact) mass is 188 g/mol. The van der Waals surface area contributed by atoms with Crippen LogP contribution in [-0.4, -0.2) is 17.3 Å². The molecule has 0 spiro atoms. The van der Waals surface area contributed by atoms with Crippen molar-refractivity contribution >= 4 is 5.57 Å². The smallest absolute Gasteiger partial charge is 0.127 e. The molecule has 0 atom stereocenters. The van der Waals surface area contributed by atoms with E-state index >= 15 is 0 Å². The number of benzene rings is 1. The Morgan fingerprint density at radius 2 is 2.00 bits per heavy atom. The molecule has 1 aromatic rings. The highest BCUT2D eigenvalue weighted by Gasteiger charge is 2.45. The molecule has 1 aliphatic heterocycles. The van der Waals surface area contributed by atoms with Gasteiger partial charge in [-0.2, -0.15) is 0 Å². The van der Waals surface area contributed by atoms with Gasteiger partial charge < -0.3 is 9.84 Å². The molecule has 2 heteroatoms. The standard InChI is InChI=1S/C12H12O2/c13-12(6-7-12)10-5-8-14-11-4-2-1-3-9(10)11/h1-5,13H,6-8H2. The molecule has 3 rings (SSSR count). The minimum absolute atomic E-state index is 0.556. The van der Waals surface area contributed by atoms with E-state index in [2.05, 4.69) is 0 Å². The maximum Gasteiger partial charge on any atom is 0.127 e. The first-order chi connectivity index (χ1) is 6.80. The Morgan fingerprint density at radius 1 is 1.21 bits per heavy atom. The van der Waals surface area contributed by atoms with Crippen LogP contribution in [0.25, 0.3) is 5.57 Å². The van der Waals surface area contributed by atoms with E-state index in [1.165, 1.54) is 0 Å². The second kappa shape index (κ2) is 2.61. The van der Waals surface area contributed by atoms with Crippen molar-refractivity contribution in [3.63, 3.8) is 0 Å². The topological polar surface area (TPSA) is 29.5 Å². The van der Waals surface area contributed by atoms with Crippen molar-refractivity contribution in [2.24, 2.45) is 0 Å². The fourth-order valence-electron chi connectivity index (χ4n) is 1.97. The van der Waals surface area contributed by atoms with Crippen molar-refractivity contribution < 1.29 is 9.84 Å². The lowest BCUT2D eigenvalue weighted by Crippen LogP contribution is -2.15. The summed E-state index contributed by atoms with van der Waals surface area (Å²) in [6, 6.07) is 7.90. The van der Waals surface area contributed by atoms with Crippen molar-refractivity contribution in [1.82, 2.24) is 0 Å². The summed E-state index contributed by atoms with van der Waals surface area (Å²) in [7, 11) is 0. The zero-order valence-corrected chi connectivity index (χ0v) is 7.86. The Morgan fingerprint density at radius 3 is 2.79 bits per heavy atom. The molecule has 0 amide bonds. The van der Waals surface area contributed by atoms with E-state index in [4.69, 9.17) is 4.74 Å². The first-order valence-corrected chi connectivity index (χ1v) is 4.95. The Bertz CT molecular complexity index is 403. The molecule has 0 bridgehead atoms. The molecular formula is C12H12O2. The summed E-state index contributed by atoms with van der Waals surface area (Å²) < 4.78 is 5.49. The minimum atomic E-state index is -0.556. The molecule has 0 saturated heterocycles. The first kappa shape index (κ1) is 8.06. The molecule has 1 heterocycles. The lowest BCUT2D eigenvalue weighted by atomic mass is 9.96. The zero-order valence-electron chi connectivity index (χ0n) is 7.86. The third-order valence-electron chi connectivity index (χ3n) is 2.93. The van der Waals surface area contributed by atoms with Crippen LogP contribution in [0.2, 0.25) is 0 Å². The molecular weight excluding hydrogens is 176 g/mol. The van der Waals surface area contributed by atoms with Gasteiger partial charge in [-0.25, -0.2) is 0 Å². The Kier molecular flexibility index (Phi) is 1.50. The Balaban J connectivity index is 2.11. The number of ether oxygens (including phenoxy) is 1. The second-order valence-corrected chi connectivity index (χ2v) is 3.96. The summed E-state index contributed by atoms with van der Waals surface area (Å²) in [4.78, 5) is 0. The summed E-state index contributed by atoms with van der Waals surface area (Å²) in [5.74, 6) is 0.894. The van der Waals surface area contributed by atoms with E-state index < -0.39 is 5.60 Å². The van der Waals surface area contributed by atoms with Gasteiger partial charge >= 0.3 is 0 Å². The van der Waals surface area contributed by atoms with E-state index in [0.29, 0.717) is 6.61 Å². The van der Waals surface area contributed by atoms with E-state index in [-0.39, 0.29) is 0 Å². The highest BCUT2D eigenvalue weighted by Crippen LogP contribution is 2.49. The number of para-hydroxylation sites is 1. The number of hydrogen-bond acceptors (Lipinski definition) is 2. The van der Waals surface area contributed by atoms with Gasteiger partial charge in [0.1, 0.15) is 12.4 Å². The second-order valence-electron chi connectivity index (χ2n) is 3.96. The van der Waals surface area contributed by atoms with Gasteiger partial charge in [-0.3, -0.25) is 0 Å². The van der Waals surface area contributed by atoms with Gasteiger partial charge in [-0.05, 0) is 30.6 Å². The van der Waals surface area contributed by atoms with Crippen LogP contribution in [0.5, 0.6) is 5.75 Å². The average molecular weight is 188 g/mol. The highest BCUT2D eigenvalue weighted by molar-refractivity contribution is 5.79. The number of fused-ring (bicyclic) bond motifs is 1. The van der Waals surface area contributed by atoms with Crippen LogP contribution in [0.3, 0.4) is 0 Å². The minimum Gasteiger partial charge on any atom is -0.489 e. The van der Waals surface area contributed by atoms with Gasteiger partial charge in [0.25, 0.3) is 0 Å². The lowest BCUT2D eigenvalue weighted by Gasteiger charge is -2.21. The molecule has 72 valence electrons. The van der Waals surface area contributed by atoms with Gasteiger partial charge in [0.05, 0.1) is 5.60 Å². The highest BCUT2D eigenvalue weighted by atomic mass is 16.5. The molecule has 2 nitrogen and oxygen atoms in total. The maximum absolute atomic E-state index is 10.1. The normalized spacial score (nSPS) is 21.9. The van der Waals surface area contributed by atoms with Crippen molar-refractivity contribution in [3.8, 4) is 5.75 Å². The van der Waals surface area contributed by atoms with Crippen LogP contribution >= 0.6 is 0 Å². The third kappa shape index (κ3) is 1.07. The molecule has 1 fully saturated rings. The van der Waals surface area contributed by atoms with Crippen molar-refractivity contribution in [2.75, 3.05) is 6.61 Å². The third-order valence-corrected chi connectivity index (χ3v) is 2.93. The zero-order chi connectivity index (χ0) is 9.60. The van der Waals surface area contributed by atoms with Crippen molar-refractivity contribution in [3.05, 3.63) is 35.9 Å². The number of hydrogen-bond donors (Lipinski definition) is 1. The van der Waals surface area contributed by atoms with Gasteiger partial charge in [-0.1, -0.05) is 18.2 Å². The van der Waals surface area contributed by atoms with Crippen LogP contribution in [0.1, 0.15) is 18.4 Å². The van der Waals surface area contributed by atoms with Crippen LogP contribution < -0.4 is 4.74 Å². The molecule has 0 aromatic heterocycles. The van der Waals surface area contributed by atoms with Gasteiger partial charge in [0, 0.05) is 5.56 Å². The quantitative estimate of drug-likeness (QED) is 0.730. The summed E-state index contributed by atoms with van der Waals surface area (Å²) in [5.41, 5.74) is 1.55. The summed E-state index contributed by atoms with van der Waals surface area (Å²) in [6.45, 7) is 0.578. The summed E-state index contributed by atoms with van der Waals surface area (Å²) in [6.07, 6.45) is 3.76. The number of rotatable bonds is 1. The predicted molar refractivity (Wildman–Crippen MR) is 54.1 cm³/mol. The van der Waals surface area contributed by atoms with E-state index in [1.807, 2.05) is 30.3 Å². The molecule has 14 heavy (non-hydrogen) atoms. The van der Waals surface area contributed by atoms with Crippen LogP contribution in [0, 0.1) is 0 Å². The Hall–Kier alpha value is -1.28. The van der Waals surface area contributed by atoms with Crippen LogP contribution in [-0.2, 0) is 0 Å². The average Bonchev–Trinajstić information content (AvgIpc) is 2.97. The van der Waals surface area contributed by atoms with Crippen molar-refractivity contribution in [2.45, 2.75) is 18.4 Å². The number of aliphatic hydroxyl groups is 1. The van der Waals surface area contributed by atoms with Gasteiger partial charge in [0.15, 0.2) is 0 Å². The van der Waals surface area contributed by atoms with Crippen LogP contribution in [0.4, 0.5) is 0 Å². The van der Waals surface area contributed by atoms with E-state index in [9.17, 15) is 5.11 Å². The summed E-state index contributed by atoms with van der Waals surface area (Å²) >= 11 is 0. The SMILES string of the molecule is OC1(C2=CCOc3ccccc32)CC1. The molecule has 1 saturated carbocycles. The molecule has 1 aliphatic carbocycles. The fourth-order valence-corrected chi connectivity index (χ4v) is 1.97. The molecule has 0 radical (unpaired) electrons. The largest absolute Gasteiger partial charge is 0.489 e. The molecule has 1 N–H and O–H groups in total. The predicted octanol–water partition coefficient (Wildman–Crippen LogP) is 1.99. The Labute approximate surface area is 82.8 Å². The van der Waals surface area contributed by atoms with Gasteiger partial charge in [-0.15, -0.1) is 0 Å². The van der Waals surface area contributed by atoms with Crippen LogP contribution in [0.15, 0.2) is 30.3 Å². The van der Waals surface area contributed by atoms with Gasteiger partial charge in [0.2, 0.25) is 0 Å². The lowest BCUT2D eigenvalue weighted by molar-refractivity contribution is 0.209. The van der Waals surface area contributed by atoms with Crippen molar-refractivity contribution in [1.29, 1.82) is 0 Å². The molecule has 0 unspecified atom stereocenters. The fraction of sp³-hybridized carbons (Fsp3) is 0.333. The summed E-state index contributed by atoms with van der Waals surface area (Å²) in [5, 5.41) is 10.1. The molecule has 1 aromatic carbocycles. The maximum atomic E-state index is 10.1. The van der Waals surface area contributed by atoms with E-state index in [1.54, 1.807) is 0 Å².